The molecule has 0 aromatic heterocycles. The lowest BCUT2D eigenvalue weighted by Crippen LogP contribution is -2.27. The van der Waals surface area contributed by atoms with Crippen molar-refractivity contribution in [1.29, 1.82) is 0 Å². The van der Waals surface area contributed by atoms with Crippen molar-refractivity contribution in [2.45, 2.75) is 46.6 Å². The maximum atomic E-state index is 12.0. The highest BCUT2D eigenvalue weighted by Gasteiger charge is 2.14. The van der Waals surface area contributed by atoms with Crippen LogP contribution < -0.4 is 5.32 Å². The molecule has 0 aliphatic rings. The van der Waals surface area contributed by atoms with Crippen molar-refractivity contribution < 1.29 is 4.21 Å². The smallest absolute Gasteiger partial charge is 0.0436 e. The molecule has 0 heterocycles. The number of hydrogen-bond donors (Lipinski definition) is 1. The number of aryl methyl sites for hydroxylation is 2. The van der Waals surface area contributed by atoms with Gasteiger partial charge in [0.2, 0.25) is 0 Å². The van der Waals surface area contributed by atoms with Gasteiger partial charge in [-0.15, -0.1) is 0 Å². The number of benzene rings is 1. The molecule has 1 rings (SSSR count). The van der Waals surface area contributed by atoms with Gasteiger partial charge in [0.25, 0.3) is 0 Å². The van der Waals surface area contributed by atoms with Crippen LogP contribution in [0.3, 0.4) is 0 Å². The number of hydrogen-bond acceptors (Lipinski definition) is 2. The van der Waals surface area contributed by atoms with Gasteiger partial charge in [0.1, 0.15) is 0 Å². The highest BCUT2D eigenvalue weighted by molar-refractivity contribution is 7.85. The van der Waals surface area contributed by atoms with Gasteiger partial charge in [0.15, 0.2) is 0 Å². The summed E-state index contributed by atoms with van der Waals surface area (Å²) >= 11 is 0. The van der Waals surface area contributed by atoms with E-state index in [1.54, 1.807) is 0 Å². The van der Waals surface area contributed by atoms with Crippen LogP contribution in [0.5, 0.6) is 0 Å². The Kier molecular flexibility index (Phi) is 7.32. The molecule has 1 aromatic carbocycles. The summed E-state index contributed by atoms with van der Waals surface area (Å²) < 4.78 is 12.0. The Morgan fingerprint density at radius 3 is 2.47 bits per heavy atom. The SMILES string of the molecule is CCCNC(CS(=O)CCC)c1ccc(C)c(C)c1. The van der Waals surface area contributed by atoms with E-state index < -0.39 is 10.8 Å². The zero-order valence-electron chi connectivity index (χ0n) is 12.7. The molecule has 0 fully saturated rings. The third kappa shape index (κ3) is 5.45. The van der Waals surface area contributed by atoms with E-state index in [2.05, 4.69) is 51.2 Å². The van der Waals surface area contributed by atoms with Gasteiger partial charge in [0, 0.05) is 28.3 Å². The van der Waals surface area contributed by atoms with Crippen LogP contribution >= 0.6 is 0 Å². The van der Waals surface area contributed by atoms with Gasteiger partial charge in [-0.05, 0) is 49.9 Å². The second-order valence-electron chi connectivity index (χ2n) is 5.16. The fourth-order valence-electron chi connectivity index (χ4n) is 2.07. The number of nitrogens with one attached hydrogen (secondary N) is 1. The average Bonchev–Trinajstić information content (AvgIpc) is 2.38. The van der Waals surface area contributed by atoms with Gasteiger partial charge in [-0.3, -0.25) is 4.21 Å². The third-order valence-electron chi connectivity index (χ3n) is 3.36. The monoisotopic (exact) mass is 281 g/mol. The van der Waals surface area contributed by atoms with Crippen molar-refractivity contribution in [3.05, 3.63) is 34.9 Å². The molecule has 0 radical (unpaired) electrons. The Labute approximate surface area is 120 Å². The molecule has 0 spiro atoms. The van der Waals surface area contributed by atoms with Crippen molar-refractivity contribution in [3.8, 4) is 0 Å². The van der Waals surface area contributed by atoms with Crippen LogP contribution in [0.1, 0.15) is 49.4 Å². The Morgan fingerprint density at radius 2 is 1.89 bits per heavy atom. The zero-order valence-corrected chi connectivity index (χ0v) is 13.5. The van der Waals surface area contributed by atoms with E-state index in [4.69, 9.17) is 0 Å². The summed E-state index contributed by atoms with van der Waals surface area (Å²) in [6.07, 6.45) is 2.09. The van der Waals surface area contributed by atoms with Gasteiger partial charge in [-0.25, -0.2) is 0 Å². The lowest BCUT2D eigenvalue weighted by Gasteiger charge is -2.19. The quantitative estimate of drug-likeness (QED) is 0.790. The molecule has 0 saturated carbocycles. The first-order valence-electron chi connectivity index (χ1n) is 7.24. The molecule has 1 N–H and O–H groups in total. The fourth-order valence-corrected chi connectivity index (χ4v) is 3.37. The Bertz CT molecular complexity index is 417. The van der Waals surface area contributed by atoms with E-state index in [0.717, 1.165) is 30.9 Å². The molecular weight excluding hydrogens is 254 g/mol. The summed E-state index contributed by atoms with van der Waals surface area (Å²) in [4.78, 5) is 0. The normalized spacial score (nSPS) is 14.3. The highest BCUT2D eigenvalue weighted by atomic mass is 32.2. The molecule has 1 aromatic rings. The van der Waals surface area contributed by atoms with Gasteiger partial charge in [-0.2, -0.15) is 0 Å². The first-order chi connectivity index (χ1) is 9.08. The molecule has 19 heavy (non-hydrogen) atoms. The third-order valence-corrected chi connectivity index (χ3v) is 4.93. The molecule has 2 atom stereocenters. The Morgan fingerprint density at radius 1 is 1.16 bits per heavy atom. The first-order valence-corrected chi connectivity index (χ1v) is 8.72. The summed E-state index contributed by atoms with van der Waals surface area (Å²) in [6, 6.07) is 6.77. The van der Waals surface area contributed by atoms with Crippen molar-refractivity contribution in [1.82, 2.24) is 5.32 Å². The molecule has 0 aliphatic carbocycles. The molecule has 0 saturated heterocycles. The average molecular weight is 281 g/mol. The minimum Gasteiger partial charge on any atom is -0.309 e. The van der Waals surface area contributed by atoms with E-state index >= 15 is 0 Å². The highest BCUT2D eigenvalue weighted by Crippen LogP contribution is 2.18. The summed E-state index contributed by atoms with van der Waals surface area (Å²) in [5.74, 6) is 1.52. The predicted molar refractivity (Wildman–Crippen MR) is 85.1 cm³/mol. The summed E-state index contributed by atoms with van der Waals surface area (Å²) in [7, 11) is -0.729. The van der Waals surface area contributed by atoms with E-state index in [1.807, 2.05) is 0 Å². The van der Waals surface area contributed by atoms with E-state index in [1.165, 1.54) is 16.7 Å². The van der Waals surface area contributed by atoms with Gasteiger partial charge < -0.3 is 5.32 Å². The van der Waals surface area contributed by atoms with Crippen LogP contribution in [-0.2, 0) is 10.8 Å². The van der Waals surface area contributed by atoms with Crippen LogP contribution in [0.25, 0.3) is 0 Å². The molecule has 2 unspecified atom stereocenters. The summed E-state index contributed by atoms with van der Waals surface area (Å²) in [5, 5.41) is 3.53. The minimum atomic E-state index is -0.729. The first kappa shape index (κ1) is 16.4. The van der Waals surface area contributed by atoms with Crippen molar-refractivity contribution >= 4 is 10.8 Å². The van der Waals surface area contributed by atoms with Crippen molar-refractivity contribution in [3.63, 3.8) is 0 Å². The van der Waals surface area contributed by atoms with E-state index in [-0.39, 0.29) is 6.04 Å². The second-order valence-corrected chi connectivity index (χ2v) is 6.78. The van der Waals surface area contributed by atoms with Crippen LogP contribution in [0.4, 0.5) is 0 Å². The molecule has 2 nitrogen and oxygen atoms in total. The second kappa shape index (κ2) is 8.49. The zero-order chi connectivity index (χ0) is 14.3. The lowest BCUT2D eigenvalue weighted by atomic mass is 10.0. The summed E-state index contributed by atoms with van der Waals surface area (Å²) in [6.45, 7) is 9.48. The molecule has 3 heteroatoms. The molecule has 108 valence electrons. The van der Waals surface area contributed by atoms with Gasteiger partial charge >= 0.3 is 0 Å². The van der Waals surface area contributed by atoms with Crippen LogP contribution in [0.2, 0.25) is 0 Å². The number of rotatable bonds is 8. The van der Waals surface area contributed by atoms with Crippen molar-refractivity contribution in [2.24, 2.45) is 0 Å². The molecule has 0 bridgehead atoms. The van der Waals surface area contributed by atoms with Gasteiger partial charge in [-0.1, -0.05) is 32.0 Å². The van der Waals surface area contributed by atoms with Gasteiger partial charge in [0.05, 0.1) is 0 Å². The topological polar surface area (TPSA) is 29.1 Å². The van der Waals surface area contributed by atoms with Crippen LogP contribution in [0, 0.1) is 13.8 Å². The fraction of sp³-hybridized carbons (Fsp3) is 0.625. The lowest BCUT2D eigenvalue weighted by molar-refractivity contribution is 0.569. The molecule has 0 aliphatic heterocycles. The largest absolute Gasteiger partial charge is 0.309 e. The molecule has 0 amide bonds. The van der Waals surface area contributed by atoms with E-state index in [9.17, 15) is 4.21 Å². The standard InChI is InChI=1S/C16H27NOS/c1-5-9-17-16(12-19(18)10-6-2)15-8-7-13(3)14(4)11-15/h7-8,11,16-17H,5-6,9-10,12H2,1-4H3. The predicted octanol–water partition coefficient (Wildman–Crippen LogP) is 3.50. The Balaban J connectivity index is 2.82. The van der Waals surface area contributed by atoms with Crippen LogP contribution in [-0.4, -0.2) is 22.3 Å². The maximum absolute atomic E-state index is 12.0. The van der Waals surface area contributed by atoms with Crippen LogP contribution in [0.15, 0.2) is 18.2 Å². The van der Waals surface area contributed by atoms with E-state index in [0.29, 0.717) is 0 Å². The minimum absolute atomic E-state index is 0.214. The molecular formula is C16H27NOS. The van der Waals surface area contributed by atoms with Crippen molar-refractivity contribution in [2.75, 3.05) is 18.1 Å². The summed E-state index contributed by atoms with van der Waals surface area (Å²) in [5.41, 5.74) is 3.88. The Hall–Kier alpha value is -0.670. The maximum Gasteiger partial charge on any atom is 0.0436 e.